The van der Waals surface area contributed by atoms with Gasteiger partial charge in [0.25, 0.3) is 11.7 Å². The smallest absolute Gasteiger partial charge is 0.300 e. The number of ether oxygens (including phenoxy) is 2. The van der Waals surface area contributed by atoms with Crippen molar-refractivity contribution in [1.82, 2.24) is 4.98 Å². The topological polar surface area (TPSA) is 89.0 Å². The number of ketones is 1. The van der Waals surface area contributed by atoms with E-state index in [1.54, 1.807) is 68.0 Å². The van der Waals surface area contributed by atoms with Crippen molar-refractivity contribution in [2.45, 2.75) is 26.8 Å². The molecule has 1 aliphatic heterocycles. The molecule has 1 unspecified atom stereocenters. The van der Waals surface area contributed by atoms with Gasteiger partial charge in [0, 0.05) is 23.6 Å². The summed E-state index contributed by atoms with van der Waals surface area (Å²) in [5.41, 5.74) is 3.21. The number of carbonyl (C=O) groups excluding carboxylic acids is 2. The monoisotopic (exact) mass is 458 g/mol. The van der Waals surface area contributed by atoms with Gasteiger partial charge in [0.05, 0.1) is 25.3 Å². The zero-order valence-corrected chi connectivity index (χ0v) is 19.5. The molecule has 34 heavy (non-hydrogen) atoms. The molecule has 0 aliphatic carbocycles. The number of anilines is 1. The van der Waals surface area contributed by atoms with E-state index in [1.165, 1.54) is 4.90 Å². The fourth-order valence-electron chi connectivity index (χ4n) is 4.24. The van der Waals surface area contributed by atoms with Crippen molar-refractivity contribution in [3.05, 3.63) is 88.8 Å². The van der Waals surface area contributed by atoms with Crippen molar-refractivity contribution in [3.8, 4) is 11.5 Å². The average Bonchev–Trinajstić information content (AvgIpc) is 3.11. The van der Waals surface area contributed by atoms with E-state index < -0.39 is 17.7 Å². The first-order valence-electron chi connectivity index (χ1n) is 11.0. The van der Waals surface area contributed by atoms with Crippen LogP contribution >= 0.6 is 0 Å². The number of benzene rings is 2. The molecule has 7 heteroatoms. The number of amides is 1. The van der Waals surface area contributed by atoms with Crippen LogP contribution < -0.4 is 14.4 Å². The summed E-state index contributed by atoms with van der Waals surface area (Å²) < 4.78 is 10.9. The van der Waals surface area contributed by atoms with E-state index in [0.29, 0.717) is 34.9 Å². The number of hydrogen-bond donors (Lipinski definition) is 1. The molecule has 1 amide bonds. The maximum Gasteiger partial charge on any atom is 0.300 e. The lowest BCUT2D eigenvalue weighted by molar-refractivity contribution is -0.132. The van der Waals surface area contributed by atoms with Crippen molar-refractivity contribution in [3.63, 3.8) is 0 Å². The molecule has 0 saturated carbocycles. The Morgan fingerprint density at radius 1 is 1.03 bits per heavy atom. The van der Waals surface area contributed by atoms with Crippen LogP contribution in [0, 0.1) is 13.8 Å². The Bertz CT molecular complexity index is 1270. The van der Waals surface area contributed by atoms with Gasteiger partial charge in [-0.25, -0.2) is 0 Å². The van der Waals surface area contributed by atoms with E-state index in [1.807, 2.05) is 20.8 Å². The second-order valence-corrected chi connectivity index (χ2v) is 8.01. The maximum absolute atomic E-state index is 13.3. The molecule has 0 spiro atoms. The van der Waals surface area contributed by atoms with Crippen LogP contribution in [0.1, 0.15) is 35.2 Å². The number of aryl methyl sites for hydroxylation is 2. The number of aliphatic hydroxyl groups is 1. The Balaban J connectivity index is 1.91. The molecular formula is C27H26N2O5. The summed E-state index contributed by atoms with van der Waals surface area (Å²) in [6, 6.07) is 13.2. The van der Waals surface area contributed by atoms with Gasteiger partial charge >= 0.3 is 0 Å². The number of nitrogens with zero attached hydrogens (tertiary/aromatic N) is 2. The molecule has 0 radical (unpaired) electrons. The minimum absolute atomic E-state index is 0.0257. The van der Waals surface area contributed by atoms with Gasteiger partial charge in [-0.3, -0.25) is 19.5 Å². The van der Waals surface area contributed by atoms with Crippen LogP contribution in [-0.2, 0) is 9.59 Å². The summed E-state index contributed by atoms with van der Waals surface area (Å²) in [6.07, 6.45) is 3.19. The van der Waals surface area contributed by atoms with Crippen LogP contribution in [0.3, 0.4) is 0 Å². The van der Waals surface area contributed by atoms with Gasteiger partial charge in [0.1, 0.15) is 17.3 Å². The standard InChI is InChI=1S/C27H26N2O5/c1-5-34-20-8-6-19(7-9-20)29-24(18-10-12-28-13-11-18)23(26(31)27(29)32)25(30)21-14-17(3)22(33-4)15-16(21)2/h6-15,24,30H,5H2,1-4H3/b25-23+. The zero-order chi connectivity index (χ0) is 24.4. The number of pyridine rings is 1. The lowest BCUT2D eigenvalue weighted by Crippen LogP contribution is -2.29. The van der Waals surface area contributed by atoms with Crippen LogP contribution in [0.5, 0.6) is 11.5 Å². The lowest BCUT2D eigenvalue weighted by atomic mass is 9.93. The highest BCUT2D eigenvalue weighted by atomic mass is 16.5. The van der Waals surface area contributed by atoms with Crippen LogP contribution in [0.2, 0.25) is 0 Å². The molecule has 174 valence electrons. The summed E-state index contributed by atoms with van der Waals surface area (Å²) in [5, 5.41) is 11.4. The molecule has 2 aromatic carbocycles. The highest BCUT2D eigenvalue weighted by molar-refractivity contribution is 6.51. The second-order valence-electron chi connectivity index (χ2n) is 8.01. The number of aromatic nitrogens is 1. The average molecular weight is 459 g/mol. The summed E-state index contributed by atoms with van der Waals surface area (Å²) in [7, 11) is 1.58. The van der Waals surface area contributed by atoms with Crippen LogP contribution in [-0.4, -0.2) is 35.5 Å². The van der Waals surface area contributed by atoms with Crippen LogP contribution in [0.25, 0.3) is 5.76 Å². The van der Waals surface area contributed by atoms with Gasteiger partial charge < -0.3 is 14.6 Å². The minimum Gasteiger partial charge on any atom is -0.507 e. The van der Waals surface area contributed by atoms with Gasteiger partial charge in [0.2, 0.25) is 0 Å². The number of methoxy groups -OCH3 is 1. The van der Waals surface area contributed by atoms with E-state index in [2.05, 4.69) is 4.98 Å². The van der Waals surface area contributed by atoms with Crippen LogP contribution in [0.15, 0.2) is 66.5 Å². The number of aliphatic hydroxyl groups excluding tert-OH is 1. The fourth-order valence-corrected chi connectivity index (χ4v) is 4.24. The maximum atomic E-state index is 13.3. The van der Waals surface area contributed by atoms with Crippen molar-refractivity contribution in [1.29, 1.82) is 0 Å². The summed E-state index contributed by atoms with van der Waals surface area (Å²) in [6.45, 7) is 6.08. The van der Waals surface area contributed by atoms with Crippen molar-refractivity contribution in [2.24, 2.45) is 0 Å². The predicted octanol–water partition coefficient (Wildman–Crippen LogP) is 4.73. The molecule has 1 aromatic heterocycles. The molecule has 1 atom stereocenters. The molecule has 2 heterocycles. The molecular weight excluding hydrogens is 432 g/mol. The lowest BCUT2D eigenvalue weighted by Gasteiger charge is -2.25. The first-order valence-corrected chi connectivity index (χ1v) is 11.0. The number of carbonyl (C=O) groups is 2. The quantitative estimate of drug-likeness (QED) is 0.326. The molecule has 4 rings (SSSR count). The Morgan fingerprint density at radius 3 is 2.32 bits per heavy atom. The largest absolute Gasteiger partial charge is 0.507 e. The van der Waals surface area contributed by atoms with E-state index in [-0.39, 0.29) is 11.3 Å². The Hall–Kier alpha value is -4.13. The molecule has 1 saturated heterocycles. The third kappa shape index (κ3) is 4.01. The molecule has 1 aliphatic rings. The SMILES string of the molecule is CCOc1ccc(N2C(=O)C(=O)/C(=C(/O)c3cc(C)c(OC)cc3C)C2c2ccncc2)cc1. The van der Waals surface area contributed by atoms with Crippen molar-refractivity contribution >= 4 is 23.1 Å². The van der Waals surface area contributed by atoms with Gasteiger partial charge in [-0.2, -0.15) is 0 Å². The third-order valence-corrected chi connectivity index (χ3v) is 5.89. The molecule has 7 nitrogen and oxygen atoms in total. The van der Waals surface area contributed by atoms with Gasteiger partial charge in [-0.15, -0.1) is 0 Å². The zero-order valence-electron chi connectivity index (χ0n) is 19.5. The van der Waals surface area contributed by atoms with Crippen molar-refractivity contribution in [2.75, 3.05) is 18.6 Å². The minimum atomic E-state index is -0.817. The fraction of sp³-hybridized carbons (Fsp3) is 0.222. The summed E-state index contributed by atoms with van der Waals surface area (Å²) in [5.74, 6) is -0.351. The van der Waals surface area contributed by atoms with Gasteiger partial charge in [-0.1, -0.05) is 0 Å². The number of hydrogen-bond acceptors (Lipinski definition) is 6. The first kappa shape index (κ1) is 23.0. The Kier molecular flexibility index (Phi) is 6.36. The van der Waals surface area contributed by atoms with Gasteiger partial charge in [-0.05, 0) is 86.0 Å². The molecule has 0 bridgehead atoms. The predicted molar refractivity (Wildman–Crippen MR) is 129 cm³/mol. The Morgan fingerprint density at radius 2 is 1.71 bits per heavy atom. The Labute approximate surface area is 198 Å². The number of Topliss-reactive ketones (excluding diaryl/α,β-unsaturated/α-hetero) is 1. The third-order valence-electron chi connectivity index (χ3n) is 5.89. The molecule has 1 N–H and O–H groups in total. The highest BCUT2D eigenvalue weighted by Crippen LogP contribution is 2.43. The second kappa shape index (κ2) is 9.39. The van der Waals surface area contributed by atoms with Gasteiger partial charge in [0.15, 0.2) is 0 Å². The highest BCUT2D eigenvalue weighted by Gasteiger charge is 2.47. The number of rotatable bonds is 6. The summed E-state index contributed by atoms with van der Waals surface area (Å²) in [4.78, 5) is 32.0. The molecule has 3 aromatic rings. The van der Waals surface area contributed by atoms with E-state index in [9.17, 15) is 14.7 Å². The molecule has 1 fully saturated rings. The summed E-state index contributed by atoms with van der Waals surface area (Å²) >= 11 is 0. The van der Waals surface area contributed by atoms with E-state index in [0.717, 1.165) is 11.1 Å². The first-order chi connectivity index (χ1) is 16.4. The van der Waals surface area contributed by atoms with Crippen molar-refractivity contribution < 1.29 is 24.2 Å². The van der Waals surface area contributed by atoms with Crippen LogP contribution in [0.4, 0.5) is 5.69 Å². The van der Waals surface area contributed by atoms with E-state index in [4.69, 9.17) is 9.47 Å². The van der Waals surface area contributed by atoms with E-state index >= 15 is 0 Å². The normalized spacial score (nSPS) is 17.2.